The maximum Gasteiger partial charge on any atom is 0.0481 e. The molecular formula is C14H20BrClN2O. The molecule has 1 heterocycles. The molecule has 1 unspecified atom stereocenters. The topological polar surface area (TPSA) is 38.5 Å². The number of rotatable bonds is 4. The molecule has 3 nitrogen and oxygen atoms in total. The van der Waals surface area contributed by atoms with Gasteiger partial charge in [0.05, 0.1) is 0 Å². The highest BCUT2D eigenvalue weighted by Crippen LogP contribution is 2.31. The van der Waals surface area contributed by atoms with Crippen molar-refractivity contribution in [3.63, 3.8) is 0 Å². The van der Waals surface area contributed by atoms with Crippen LogP contribution in [0, 0.1) is 0 Å². The zero-order valence-electron chi connectivity index (χ0n) is 11.1. The van der Waals surface area contributed by atoms with Crippen LogP contribution >= 0.6 is 27.5 Å². The lowest BCUT2D eigenvalue weighted by molar-refractivity contribution is 0.0293. The molecule has 1 fully saturated rings. The predicted octanol–water partition coefficient (Wildman–Crippen LogP) is 3.21. The zero-order chi connectivity index (χ0) is 13.8. The summed E-state index contributed by atoms with van der Waals surface area (Å²) in [6.45, 7) is 2.27. The zero-order valence-corrected chi connectivity index (χ0v) is 13.5. The van der Waals surface area contributed by atoms with Crippen LogP contribution in [0.1, 0.15) is 24.4 Å². The van der Waals surface area contributed by atoms with E-state index in [0.29, 0.717) is 12.6 Å². The van der Waals surface area contributed by atoms with Gasteiger partial charge in [0.1, 0.15) is 0 Å². The Labute approximate surface area is 128 Å². The highest BCUT2D eigenvalue weighted by molar-refractivity contribution is 9.10. The van der Waals surface area contributed by atoms with Gasteiger partial charge in [0, 0.05) is 41.3 Å². The van der Waals surface area contributed by atoms with E-state index in [2.05, 4.69) is 33.9 Å². The molecule has 2 rings (SSSR count). The van der Waals surface area contributed by atoms with E-state index >= 15 is 0 Å². The molecule has 1 aromatic rings. The van der Waals surface area contributed by atoms with Crippen molar-refractivity contribution in [2.24, 2.45) is 5.73 Å². The molecule has 0 amide bonds. The Kier molecular flexibility index (Phi) is 5.66. The summed E-state index contributed by atoms with van der Waals surface area (Å²) in [7, 11) is 2.15. The Morgan fingerprint density at radius 2 is 2.16 bits per heavy atom. The lowest BCUT2D eigenvalue weighted by Crippen LogP contribution is -2.41. The van der Waals surface area contributed by atoms with Gasteiger partial charge in [0.2, 0.25) is 0 Å². The molecule has 5 heteroatoms. The highest BCUT2D eigenvalue weighted by atomic mass is 79.9. The van der Waals surface area contributed by atoms with Crippen LogP contribution in [-0.4, -0.2) is 37.7 Å². The SMILES string of the molecule is CN(C1CCOCC1)C(CN)c1ccc(Cl)cc1Br. The fourth-order valence-corrected chi connectivity index (χ4v) is 3.58. The van der Waals surface area contributed by atoms with Crippen molar-refractivity contribution in [3.8, 4) is 0 Å². The molecule has 0 radical (unpaired) electrons. The smallest absolute Gasteiger partial charge is 0.0481 e. The lowest BCUT2D eigenvalue weighted by atomic mass is 10.0. The summed E-state index contributed by atoms with van der Waals surface area (Å²) >= 11 is 9.59. The first kappa shape index (κ1) is 15.3. The van der Waals surface area contributed by atoms with Gasteiger partial charge in [-0.3, -0.25) is 4.90 Å². The summed E-state index contributed by atoms with van der Waals surface area (Å²) in [6.07, 6.45) is 2.14. The predicted molar refractivity (Wildman–Crippen MR) is 82.6 cm³/mol. The van der Waals surface area contributed by atoms with E-state index in [-0.39, 0.29) is 6.04 Å². The van der Waals surface area contributed by atoms with E-state index in [1.165, 1.54) is 5.56 Å². The summed E-state index contributed by atoms with van der Waals surface area (Å²) in [5, 5.41) is 0.736. The summed E-state index contributed by atoms with van der Waals surface area (Å²) < 4.78 is 6.45. The van der Waals surface area contributed by atoms with Gasteiger partial charge in [-0.1, -0.05) is 33.6 Å². The number of nitrogens with two attached hydrogens (primary N) is 1. The molecule has 0 saturated carbocycles. The van der Waals surface area contributed by atoms with Crippen molar-refractivity contribution in [3.05, 3.63) is 33.3 Å². The van der Waals surface area contributed by atoms with Gasteiger partial charge in [-0.15, -0.1) is 0 Å². The average molecular weight is 348 g/mol. The molecule has 0 aliphatic carbocycles. The monoisotopic (exact) mass is 346 g/mol. The first-order valence-electron chi connectivity index (χ1n) is 6.58. The molecule has 0 aromatic heterocycles. The van der Waals surface area contributed by atoms with Crippen molar-refractivity contribution in [1.82, 2.24) is 4.90 Å². The Hall–Kier alpha value is -0.130. The second kappa shape index (κ2) is 7.04. The van der Waals surface area contributed by atoms with Crippen LogP contribution in [0.4, 0.5) is 0 Å². The van der Waals surface area contributed by atoms with Crippen molar-refractivity contribution < 1.29 is 4.74 Å². The quantitative estimate of drug-likeness (QED) is 0.909. The lowest BCUT2D eigenvalue weighted by Gasteiger charge is -2.37. The van der Waals surface area contributed by atoms with E-state index < -0.39 is 0 Å². The van der Waals surface area contributed by atoms with Crippen molar-refractivity contribution in [2.45, 2.75) is 24.9 Å². The standard InChI is InChI=1S/C14H20BrClN2O/c1-18(11-4-6-19-7-5-11)14(9-17)12-3-2-10(16)8-13(12)15/h2-3,8,11,14H,4-7,9,17H2,1H3. The van der Waals surface area contributed by atoms with E-state index in [9.17, 15) is 0 Å². The van der Waals surface area contributed by atoms with Crippen LogP contribution in [0.2, 0.25) is 5.02 Å². The van der Waals surface area contributed by atoms with Crippen molar-refractivity contribution >= 4 is 27.5 Å². The van der Waals surface area contributed by atoms with Gasteiger partial charge in [0.15, 0.2) is 0 Å². The number of likely N-dealkylation sites (N-methyl/N-ethyl adjacent to an activating group) is 1. The van der Waals surface area contributed by atoms with Crippen LogP contribution in [0.15, 0.2) is 22.7 Å². The van der Waals surface area contributed by atoms with Gasteiger partial charge in [-0.2, -0.15) is 0 Å². The second-order valence-corrected chi connectivity index (χ2v) is 6.22. The van der Waals surface area contributed by atoms with E-state index in [0.717, 1.165) is 35.6 Å². The molecule has 2 N–H and O–H groups in total. The van der Waals surface area contributed by atoms with Gasteiger partial charge < -0.3 is 10.5 Å². The van der Waals surface area contributed by atoms with Crippen molar-refractivity contribution in [1.29, 1.82) is 0 Å². The van der Waals surface area contributed by atoms with Crippen LogP contribution in [0.5, 0.6) is 0 Å². The summed E-state index contributed by atoms with van der Waals surface area (Å²) in [5.41, 5.74) is 7.19. The normalized spacial score (nSPS) is 18.8. The third kappa shape index (κ3) is 3.70. The molecule has 1 aliphatic rings. The van der Waals surface area contributed by atoms with Crippen LogP contribution in [0.25, 0.3) is 0 Å². The van der Waals surface area contributed by atoms with Crippen LogP contribution in [0.3, 0.4) is 0 Å². The van der Waals surface area contributed by atoms with Gasteiger partial charge in [-0.25, -0.2) is 0 Å². The molecule has 0 bridgehead atoms. The number of halogens is 2. The molecule has 1 saturated heterocycles. The number of hydrogen-bond acceptors (Lipinski definition) is 3. The Bertz CT molecular complexity index is 424. The Morgan fingerprint density at radius 3 is 2.74 bits per heavy atom. The first-order valence-corrected chi connectivity index (χ1v) is 7.75. The molecule has 1 atom stereocenters. The highest BCUT2D eigenvalue weighted by Gasteiger charge is 2.26. The average Bonchev–Trinajstić information content (AvgIpc) is 2.42. The molecule has 0 spiro atoms. The number of nitrogens with zero attached hydrogens (tertiary/aromatic N) is 1. The third-order valence-corrected chi connectivity index (χ3v) is 4.73. The minimum Gasteiger partial charge on any atom is -0.381 e. The van der Waals surface area contributed by atoms with E-state index in [1.807, 2.05) is 12.1 Å². The maximum atomic E-state index is 6.00. The summed E-state index contributed by atoms with van der Waals surface area (Å²) in [6, 6.07) is 6.64. The Morgan fingerprint density at radius 1 is 1.47 bits per heavy atom. The van der Waals surface area contributed by atoms with Gasteiger partial charge in [0.25, 0.3) is 0 Å². The van der Waals surface area contributed by atoms with Crippen LogP contribution in [-0.2, 0) is 4.74 Å². The van der Waals surface area contributed by atoms with E-state index in [1.54, 1.807) is 0 Å². The molecular weight excluding hydrogens is 328 g/mol. The van der Waals surface area contributed by atoms with E-state index in [4.69, 9.17) is 22.1 Å². The van der Waals surface area contributed by atoms with Crippen LogP contribution < -0.4 is 5.73 Å². The number of benzene rings is 1. The molecule has 1 aromatic carbocycles. The van der Waals surface area contributed by atoms with Gasteiger partial charge in [-0.05, 0) is 37.6 Å². The largest absolute Gasteiger partial charge is 0.381 e. The maximum absolute atomic E-state index is 6.00. The molecule has 19 heavy (non-hydrogen) atoms. The number of ether oxygens (including phenoxy) is 1. The molecule has 106 valence electrons. The minimum atomic E-state index is 0.203. The van der Waals surface area contributed by atoms with Crippen molar-refractivity contribution in [2.75, 3.05) is 26.8 Å². The second-order valence-electron chi connectivity index (χ2n) is 4.93. The fraction of sp³-hybridized carbons (Fsp3) is 0.571. The first-order chi connectivity index (χ1) is 9.13. The number of hydrogen-bond donors (Lipinski definition) is 1. The molecule has 1 aliphatic heterocycles. The summed E-state index contributed by atoms with van der Waals surface area (Å²) in [4.78, 5) is 2.37. The fourth-order valence-electron chi connectivity index (χ4n) is 2.63. The van der Waals surface area contributed by atoms with Gasteiger partial charge >= 0.3 is 0 Å². The minimum absolute atomic E-state index is 0.203. The Balaban J connectivity index is 2.18. The summed E-state index contributed by atoms with van der Waals surface area (Å²) in [5.74, 6) is 0. The third-order valence-electron chi connectivity index (χ3n) is 3.80.